The van der Waals surface area contributed by atoms with Crippen molar-refractivity contribution in [2.45, 2.75) is 38.5 Å². The Bertz CT molecular complexity index is 355. The first-order valence-electron chi connectivity index (χ1n) is 5.98. The highest BCUT2D eigenvalue weighted by atomic mass is 16.5. The Labute approximate surface area is 101 Å². The molecule has 1 aromatic heterocycles. The fourth-order valence-electron chi connectivity index (χ4n) is 2.31. The minimum atomic E-state index is 0.323. The van der Waals surface area contributed by atoms with Crippen molar-refractivity contribution >= 4 is 0 Å². The molecule has 17 heavy (non-hydrogen) atoms. The molecular formula is C11H20N4O2. The predicted molar refractivity (Wildman–Crippen MR) is 62.3 cm³/mol. The van der Waals surface area contributed by atoms with E-state index in [9.17, 15) is 0 Å². The molecule has 1 saturated heterocycles. The van der Waals surface area contributed by atoms with Crippen LogP contribution >= 0.6 is 0 Å². The van der Waals surface area contributed by atoms with Crippen LogP contribution in [0.15, 0.2) is 4.42 Å². The van der Waals surface area contributed by atoms with Gasteiger partial charge in [0.15, 0.2) is 0 Å². The molecule has 0 bridgehead atoms. The minimum absolute atomic E-state index is 0.323. The van der Waals surface area contributed by atoms with Gasteiger partial charge in [-0.3, -0.25) is 4.90 Å². The van der Waals surface area contributed by atoms with Crippen molar-refractivity contribution < 1.29 is 9.15 Å². The number of rotatable bonds is 4. The summed E-state index contributed by atoms with van der Waals surface area (Å²) in [5, 5.41) is 7.85. The van der Waals surface area contributed by atoms with Gasteiger partial charge < -0.3 is 14.9 Å². The molecule has 2 rings (SSSR count). The molecule has 2 unspecified atom stereocenters. The second-order valence-corrected chi connectivity index (χ2v) is 4.46. The Balaban J connectivity index is 1.95. The van der Waals surface area contributed by atoms with E-state index >= 15 is 0 Å². The number of hydrogen-bond acceptors (Lipinski definition) is 6. The third-order valence-corrected chi connectivity index (χ3v) is 3.30. The smallest absolute Gasteiger partial charge is 0.230 e. The highest BCUT2D eigenvalue weighted by Gasteiger charge is 2.28. The molecule has 0 radical (unpaired) electrons. The molecule has 0 aliphatic carbocycles. The van der Waals surface area contributed by atoms with Crippen LogP contribution in [0.3, 0.4) is 0 Å². The number of nitrogens with zero attached hydrogens (tertiary/aromatic N) is 3. The van der Waals surface area contributed by atoms with Crippen molar-refractivity contribution in [1.29, 1.82) is 0 Å². The summed E-state index contributed by atoms with van der Waals surface area (Å²) >= 11 is 0. The van der Waals surface area contributed by atoms with E-state index in [1.165, 1.54) is 0 Å². The average molecular weight is 240 g/mol. The lowest BCUT2D eigenvalue weighted by Crippen LogP contribution is -2.48. The number of methoxy groups -OCH3 is 1. The highest BCUT2D eigenvalue weighted by Crippen LogP contribution is 2.20. The summed E-state index contributed by atoms with van der Waals surface area (Å²) in [5.74, 6) is 1.27. The van der Waals surface area contributed by atoms with Gasteiger partial charge in [-0.05, 0) is 12.8 Å². The van der Waals surface area contributed by atoms with Crippen molar-refractivity contribution in [1.82, 2.24) is 15.1 Å². The van der Waals surface area contributed by atoms with Gasteiger partial charge in [0.05, 0.1) is 12.6 Å². The van der Waals surface area contributed by atoms with Crippen molar-refractivity contribution in [2.24, 2.45) is 5.73 Å². The van der Waals surface area contributed by atoms with Crippen LogP contribution in [0.25, 0.3) is 0 Å². The fourth-order valence-corrected chi connectivity index (χ4v) is 2.31. The summed E-state index contributed by atoms with van der Waals surface area (Å²) in [4.78, 5) is 2.29. The quantitative estimate of drug-likeness (QED) is 0.816. The van der Waals surface area contributed by atoms with Crippen LogP contribution < -0.4 is 5.73 Å². The van der Waals surface area contributed by atoms with Crippen molar-refractivity contribution in [3.63, 3.8) is 0 Å². The first kappa shape index (κ1) is 12.5. The third kappa shape index (κ3) is 3.02. The van der Waals surface area contributed by atoms with Gasteiger partial charge in [-0.1, -0.05) is 0 Å². The molecule has 2 N–H and O–H groups in total. The van der Waals surface area contributed by atoms with Gasteiger partial charge in [0.2, 0.25) is 11.8 Å². The number of hydrogen-bond donors (Lipinski definition) is 1. The number of aromatic nitrogens is 2. The van der Waals surface area contributed by atoms with Crippen LogP contribution in [0, 0.1) is 6.92 Å². The molecule has 1 aliphatic heterocycles. The Morgan fingerprint density at radius 2 is 2.35 bits per heavy atom. The second-order valence-electron chi connectivity index (χ2n) is 4.46. The summed E-state index contributed by atoms with van der Waals surface area (Å²) in [6.45, 7) is 4.07. The number of likely N-dealkylation sites (tertiary alicyclic amines) is 1. The van der Waals surface area contributed by atoms with Gasteiger partial charge in [0, 0.05) is 33.2 Å². The maximum absolute atomic E-state index is 5.81. The van der Waals surface area contributed by atoms with E-state index in [4.69, 9.17) is 14.9 Å². The van der Waals surface area contributed by atoms with Crippen LogP contribution in [0.1, 0.15) is 24.6 Å². The normalized spacial score (nSPS) is 26.3. The van der Waals surface area contributed by atoms with E-state index in [0.717, 1.165) is 19.4 Å². The molecule has 6 heteroatoms. The van der Waals surface area contributed by atoms with Gasteiger partial charge >= 0.3 is 0 Å². The van der Waals surface area contributed by atoms with E-state index < -0.39 is 0 Å². The topological polar surface area (TPSA) is 77.4 Å². The average Bonchev–Trinajstić information content (AvgIpc) is 2.75. The summed E-state index contributed by atoms with van der Waals surface area (Å²) in [7, 11) is 1.76. The van der Waals surface area contributed by atoms with Crippen LogP contribution in [-0.4, -0.2) is 47.4 Å². The monoisotopic (exact) mass is 240 g/mol. The molecule has 0 spiro atoms. The zero-order valence-corrected chi connectivity index (χ0v) is 10.4. The molecule has 96 valence electrons. The largest absolute Gasteiger partial charge is 0.424 e. The standard InChI is InChI=1S/C11H20N4O2/c1-8-13-14-11(17-8)7-15-4-3-10(16-2)5-9(15)6-12/h9-10H,3-7,12H2,1-2H3. The molecule has 1 aliphatic rings. The fraction of sp³-hybridized carbons (Fsp3) is 0.818. The summed E-state index contributed by atoms with van der Waals surface area (Å²) in [5.41, 5.74) is 5.81. The van der Waals surface area contributed by atoms with Crippen LogP contribution in [0.5, 0.6) is 0 Å². The molecular weight excluding hydrogens is 220 g/mol. The molecule has 6 nitrogen and oxygen atoms in total. The molecule has 0 saturated carbocycles. The molecule has 2 heterocycles. The highest BCUT2D eigenvalue weighted by molar-refractivity contribution is 4.87. The molecule has 0 aromatic carbocycles. The van der Waals surface area contributed by atoms with Gasteiger partial charge in [-0.2, -0.15) is 0 Å². The number of nitrogens with two attached hydrogens (primary N) is 1. The summed E-state index contributed by atoms with van der Waals surface area (Å²) in [6.07, 6.45) is 2.32. The Morgan fingerprint density at radius 3 is 2.94 bits per heavy atom. The van der Waals surface area contributed by atoms with Crippen molar-refractivity contribution in [2.75, 3.05) is 20.2 Å². The maximum atomic E-state index is 5.81. The van der Waals surface area contributed by atoms with E-state index in [1.807, 2.05) is 0 Å². The van der Waals surface area contributed by atoms with E-state index in [1.54, 1.807) is 14.0 Å². The Hall–Kier alpha value is -0.980. The lowest BCUT2D eigenvalue weighted by atomic mass is 9.99. The molecule has 1 fully saturated rings. The first-order chi connectivity index (χ1) is 8.22. The Kier molecular flexibility index (Phi) is 4.09. The summed E-state index contributed by atoms with van der Waals surface area (Å²) in [6, 6.07) is 0.334. The van der Waals surface area contributed by atoms with E-state index in [0.29, 0.717) is 37.0 Å². The Morgan fingerprint density at radius 1 is 1.53 bits per heavy atom. The van der Waals surface area contributed by atoms with Crippen LogP contribution in [0.2, 0.25) is 0 Å². The minimum Gasteiger partial charge on any atom is -0.424 e. The third-order valence-electron chi connectivity index (χ3n) is 3.30. The zero-order chi connectivity index (χ0) is 12.3. The van der Waals surface area contributed by atoms with Crippen LogP contribution in [-0.2, 0) is 11.3 Å². The lowest BCUT2D eigenvalue weighted by molar-refractivity contribution is 0.00727. The number of aryl methyl sites for hydroxylation is 1. The van der Waals surface area contributed by atoms with Crippen molar-refractivity contribution in [3.8, 4) is 0 Å². The first-order valence-corrected chi connectivity index (χ1v) is 5.98. The molecule has 2 atom stereocenters. The number of piperidine rings is 1. The predicted octanol–water partition coefficient (Wildman–Crippen LogP) is 0.316. The van der Waals surface area contributed by atoms with Gasteiger partial charge in [-0.25, -0.2) is 0 Å². The van der Waals surface area contributed by atoms with Crippen LogP contribution in [0.4, 0.5) is 0 Å². The zero-order valence-electron chi connectivity index (χ0n) is 10.4. The number of ether oxygens (including phenoxy) is 1. The van der Waals surface area contributed by atoms with E-state index in [-0.39, 0.29) is 0 Å². The van der Waals surface area contributed by atoms with Gasteiger partial charge in [0.25, 0.3) is 0 Å². The molecule has 0 amide bonds. The van der Waals surface area contributed by atoms with Gasteiger partial charge in [0.1, 0.15) is 0 Å². The molecule has 1 aromatic rings. The van der Waals surface area contributed by atoms with Gasteiger partial charge in [-0.15, -0.1) is 10.2 Å². The summed E-state index contributed by atoms with van der Waals surface area (Å²) < 4.78 is 10.8. The van der Waals surface area contributed by atoms with E-state index in [2.05, 4.69) is 15.1 Å². The SMILES string of the molecule is COC1CCN(Cc2nnc(C)o2)C(CN)C1. The second kappa shape index (κ2) is 5.57. The maximum Gasteiger partial charge on any atom is 0.230 e. The van der Waals surface area contributed by atoms with Crippen molar-refractivity contribution in [3.05, 3.63) is 11.8 Å². The lowest BCUT2D eigenvalue weighted by Gasteiger charge is -2.37.